The quantitative estimate of drug-likeness (QED) is 0.732. The molecule has 22 heavy (non-hydrogen) atoms. The van der Waals surface area contributed by atoms with Crippen LogP contribution in [0.1, 0.15) is 6.92 Å². The number of nitrogens with one attached hydrogen (secondary N) is 1. The van der Waals surface area contributed by atoms with Crippen LogP contribution in [0.25, 0.3) is 22.7 Å². The molecule has 3 aromatic rings. The van der Waals surface area contributed by atoms with Crippen molar-refractivity contribution in [3.63, 3.8) is 0 Å². The minimum absolute atomic E-state index is 0.166. The predicted molar refractivity (Wildman–Crippen MR) is 82.6 cm³/mol. The number of hydrogen-bond acceptors (Lipinski definition) is 5. The van der Waals surface area contributed by atoms with Crippen molar-refractivity contribution >= 4 is 11.3 Å². The van der Waals surface area contributed by atoms with E-state index in [2.05, 4.69) is 25.9 Å². The first kappa shape index (κ1) is 13.9. The number of fused-ring (bicyclic) bond motifs is 1. The van der Waals surface area contributed by atoms with E-state index in [1.54, 1.807) is 18.5 Å². The maximum absolute atomic E-state index is 5.61. The highest BCUT2D eigenvalue weighted by atomic mass is 16.5. The third-order valence-corrected chi connectivity index (χ3v) is 2.96. The minimum atomic E-state index is 0.166. The number of rotatable bonds is 5. The molecular weight excluding hydrogens is 280 g/mol. The van der Waals surface area contributed by atoms with E-state index in [4.69, 9.17) is 15.9 Å². The number of terminal acetylenes is 1. The Morgan fingerprint density at radius 2 is 2.09 bits per heavy atom. The van der Waals surface area contributed by atoms with Crippen LogP contribution >= 0.6 is 0 Å². The van der Waals surface area contributed by atoms with Gasteiger partial charge in [0, 0.05) is 18.5 Å². The molecule has 0 saturated heterocycles. The summed E-state index contributed by atoms with van der Waals surface area (Å²) in [5.41, 5.74) is 1.95. The van der Waals surface area contributed by atoms with E-state index in [1.165, 1.54) is 0 Å². The van der Waals surface area contributed by atoms with Gasteiger partial charge < -0.3 is 14.5 Å². The molecule has 0 saturated carbocycles. The van der Waals surface area contributed by atoms with E-state index in [1.807, 2.05) is 19.1 Å². The SMILES string of the molecule is C#CCOc1cc(OCC)ccc1-c1nc2nccnc2[nH]1. The van der Waals surface area contributed by atoms with Crippen molar-refractivity contribution in [1.82, 2.24) is 19.9 Å². The molecule has 0 aliphatic carbocycles. The van der Waals surface area contributed by atoms with Crippen LogP contribution in [0.3, 0.4) is 0 Å². The first-order chi connectivity index (χ1) is 10.8. The molecule has 110 valence electrons. The summed E-state index contributed by atoms with van der Waals surface area (Å²) in [5.74, 6) is 4.39. The average Bonchev–Trinajstić information content (AvgIpc) is 2.97. The number of H-pyrrole nitrogens is 1. The Balaban J connectivity index is 2.05. The number of hydrogen-bond donors (Lipinski definition) is 1. The van der Waals surface area contributed by atoms with E-state index in [9.17, 15) is 0 Å². The lowest BCUT2D eigenvalue weighted by molar-refractivity contribution is 0.332. The van der Waals surface area contributed by atoms with Gasteiger partial charge in [-0.05, 0) is 19.1 Å². The van der Waals surface area contributed by atoms with Gasteiger partial charge in [0.1, 0.15) is 23.9 Å². The van der Waals surface area contributed by atoms with Crippen molar-refractivity contribution in [2.75, 3.05) is 13.2 Å². The third kappa shape index (κ3) is 2.69. The molecule has 0 atom stereocenters. The van der Waals surface area contributed by atoms with Crippen molar-refractivity contribution in [3.05, 3.63) is 30.6 Å². The second-order valence-electron chi connectivity index (χ2n) is 4.40. The van der Waals surface area contributed by atoms with Crippen LogP contribution in [0.4, 0.5) is 0 Å². The summed E-state index contributed by atoms with van der Waals surface area (Å²) in [6.07, 6.45) is 8.48. The largest absolute Gasteiger partial charge is 0.494 e. The molecule has 0 unspecified atom stereocenters. The van der Waals surface area contributed by atoms with E-state index in [-0.39, 0.29) is 6.61 Å². The second kappa shape index (κ2) is 6.14. The van der Waals surface area contributed by atoms with Crippen LogP contribution in [-0.2, 0) is 0 Å². The fourth-order valence-electron chi connectivity index (χ4n) is 2.07. The number of ether oxygens (including phenoxy) is 2. The Morgan fingerprint density at radius 3 is 2.86 bits per heavy atom. The first-order valence-corrected chi connectivity index (χ1v) is 6.82. The second-order valence-corrected chi connectivity index (χ2v) is 4.40. The standard InChI is InChI=1S/C16H14N4O2/c1-3-9-22-13-10-11(21-4-2)5-6-12(13)14-19-15-16(20-14)18-8-7-17-15/h1,5-8,10H,4,9H2,2H3,(H,17,18,19,20). The molecule has 0 spiro atoms. The molecule has 0 bridgehead atoms. The van der Waals surface area contributed by atoms with Gasteiger partial charge in [-0.15, -0.1) is 6.42 Å². The summed E-state index contributed by atoms with van der Waals surface area (Å²) in [6, 6.07) is 5.52. The zero-order valence-corrected chi connectivity index (χ0v) is 12.0. The van der Waals surface area contributed by atoms with Crippen molar-refractivity contribution in [2.24, 2.45) is 0 Å². The third-order valence-electron chi connectivity index (χ3n) is 2.96. The average molecular weight is 294 g/mol. The molecule has 2 aromatic heterocycles. The maximum Gasteiger partial charge on any atom is 0.197 e. The normalized spacial score (nSPS) is 10.4. The van der Waals surface area contributed by atoms with Crippen LogP contribution < -0.4 is 9.47 Å². The first-order valence-electron chi connectivity index (χ1n) is 6.82. The minimum Gasteiger partial charge on any atom is -0.494 e. The molecule has 0 aliphatic rings. The van der Waals surface area contributed by atoms with Crippen LogP contribution in [0, 0.1) is 12.3 Å². The monoisotopic (exact) mass is 294 g/mol. The van der Waals surface area contributed by atoms with Crippen molar-refractivity contribution in [2.45, 2.75) is 6.92 Å². The van der Waals surface area contributed by atoms with Gasteiger partial charge in [0.2, 0.25) is 0 Å². The summed E-state index contributed by atoms with van der Waals surface area (Å²) in [4.78, 5) is 15.9. The zero-order chi connectivity index (χ0) is 15.4. The summed E-state index contributed by atoms with van der Waals surface area (Å²) >= 11 is 0. The Morgan fingerprint density at radius 1 is 1.23 bits per heavy atom. The lowest BCUT2D eigenvalue weighted by atomic mass is 10.2. The Kier molecular flexibility index (Phi) is 3.88. The summed E-state index contributed by atoms with van der Waals surface area (Å²) < 4.78 is 11.1. The number of imidazole rings is 1. The van der Waals surface area contributed by atoms with Crippen molar-refractivity contribution in [3.8, 4) is 35.2 Å². The molecule has 0 aliphatic heterocycles. The van der Waals surface area contributed by atoms with Gasteiger partial charge in [0.15, 0.2) is 11.3 Å². The van der Waals surface area contributed by atoms with Crippen LogP contribution in [0.5, 0.6) is 11.5 Å². The van der Waals surface area contributed by atoms with Gasteiger partial charge in [-0.25, -0.2) is 15.0 Å². The number of aromatic amines is 1. The zero-order valence-electron chi connectivity index (χ0n) is 12.0. The van der Waals surface area contributed by atoms with Crippen LogP contribution in [-0.4, -0.2) is 33.1 Å². The summed E-state index contributed by atoms with van der Waals surface area (Å²) in [6.45, 7) is 2.66. The van der Waals surface area contributed by atoms with E-state index < -0.39 is 0 Å². The van der Waals surface area contributed by atoms with Crippen LogP contribution in [0.15, 0.2) is 30.6 Å². The van der Waals surface area contributed by atoms with Gasteiger partial charge in [-0.3, -0.25) is 0 Å². The fraction of sp³-hybridized carbons (Fsp3) is 0.188. The van der Waals surface area contributed by atoms with Gasteiger partial charge in [-0.2, -0.15) is 0 Å². The molecule has 1 aromatic carbocycles. The molecule has 0 amide bonds. The van der Waals surface area contributed by atoms with Crippen molar-refractivity contribution in [1.29, 1.82) is 0 Å². The molecule has 2 heterocycles. The van der Waals surface area contributed by atoms with Crippen LogP contribution in [0.2, 0.25) is 0 Å². The lowest BCUT2D eigenvalue weighted by Crippen LogP contribution is -1.98. The molecule has 0 radical (unpaired) electrons. The Labute approximate surface area is 127 Å². The summed E-state index contributed by atoms with van der Waals surface area (Å²) in [7, 11) is 0. The van der Waals surface area contributed by atoms with Gasteiger partial charge in [-0.1, -0.05) is 5.92 Å². The lowest BCUT2D eigenvalue weighted by Gasteiger charge is -2.10. The molecule has 6 nitrogen and oxygen atoms in total. The Hall–Kier alpha value is -3.07. The van der Waals surface area contributed by atoms with E-state index in [0.717, 1.165) is 5.56 Å². The van der Waals surface area contributed by atoms with E-state index >= 15 is 0 Å². The highest BCUT2D eigenvalue weighted by Crippen LogP contribution is 2.32. The highest BCUT2D eigenvalue weighted by Gasteiger charge is 2.13. The highest BCUT2D eigenvalue weighted by molar-refractivity contribution is 5.75. The van der Waals surface area contributed by atoms with Gasteiger partial charge in [0.05, 0.1) is 12.2 Å². The topological polar surface area (TPSA) is 72.9 Å². The molecule has 1 N–H and O–H groups in total. The molecular formula is C16H14N4O2. The number of aromatic nitrogens is 4. The van der Waals surface area contributed by atoms with E-state index in [0.29, 0.717) is 35.2 Å². The van der Waals surface area contributed by atoms with Gasteiger partial charge in [0.25, 0.3) is 0 Å². The number of benzene rings is 1. The number of nitrogens with zero attached hydrogens (tertiary/aromatic N) is 3. The van der Waals surface area contributed by atoms with Crippen molar-refractivity contribution < 1.29 is 9.47 Å². The molecule has 3 rings (SSSR count). The predicted octanol–water partition coefficient (Wildman–Crippen LogP) is 2.43. The maximum atomic E-state index is 5.61. The Bertz CT molecular complexity index is 803. The van der Waals surface area contributed by atoms with Gasteiger partial charge >= 0.3 is 0 Å². The summed E-state index contributed by atoms with van der Waals surface area (Å²) in [5, 5.41) is 0. The smallest absolute Gasteiger partial charge is 0.197 e. The molecule has 6 heteroatoms. The molecule has 0 fully saturated rings. The fourth-order valence-corrected chi connectivity index (χ4v) is 2.07.